The molecule has 31 heavy (non-hydrogen) atoms. The van der Waals surface area contributed by atoms with Crippen LogP contribution in [-0.4, -0.2) is 35.5 Å². The minimum absolute atomic E-state index is 0.0296. The first-order chi connectivity index (χ1) is 14.8. The monoisotopic (exact) mass is 568 g/mol. The van der Waals surface area contributed by atoms with Gasteiger partial charge in [-0.05, 0) is 64.6 Å². The lowest BCUT2D eigenvalue weighted by atomic mass is 10.1. The third-order valence-corrected chi connectivity index (χ3v) is 5.88. The van der Waals surface area contributed by atoms with Gasteiger partial charge in [0.05, 0.1) is 10.7 Å². The predicted molar refractivity (Wildman–Crippen MR) is 132 cm³/mol. The molecule has 9 heteroatoms. The average molecular weight is 569 g/mol. The summed E-state index contributed by atoms with van der Waals surface area (Å²) in [5.41, 5.74) is 1.42. The highest BCUT2D eigenvalue weighted by atomic mass is 127. The van der Waals surface area contributed by atoms with Gasteiger partial charge in [-0.2, -0.15) is 0 Å². The van der Waals surface area contributed by atoms with Gasteiger partial charge in [-0.25, -0.2) is 0 Å². The van der Waals surface area contributed by atoms with Crippen LogP contribution in [0.3, 0.4) is 0 Å². The highest BCUT2D eigenvalue weighted by Crippen LogP contribution is 2.35. The maximum Gasteiger partial charge on any atom is 0.265 e. The number of amides is 2. The van der Waals surface area contributed by atoms with Crippen molar-refractivity contribution in [2.75, 3.05) is 13.7 Å². The van der Waals surface area contributed by atoms with Crippen molar-refractivity contribution >= 4 is 69.4 Å². The number of carbonyl (C=O) groups is 2. The molecule has 0 bridgehead atoms. The van der Waals surface area contributed by atoms with Crippen molar-refractivity contribution in [3.05, 3.63) is 74.3 Å². The van der Waals surface area contributed by atoms with Crippen LogP contribution in [0.25, 0.3) is 6.08 Å². The number of rotatable bonds is 7. The van der Waals surface area contributed by atoms with Crippen LogP contribution in [-0.2, 0) is 16.2 Å². The lowest BCUT2D eigenvalue weighted by Crippen LogP contribution is -2.53. The average Bonchev–Trinajstić information content (AvgIpc) is 2.74. The van der Waals surface area contributed by atoms with Gasteiger partial charge in [-0.3, -0.25) is 19.8 Å². The SMILES string of the molecule is C=CCN1C(=O)/C(=C/c2cc(I)c(OCc3ccccc3Cl)c(OC)c2)C(=O)NC1=S. The molecule has 1 saturated heterocycles. The van der Waals surface area contributed by atoms with E-state index in [-0.39, 0.29) is 23.8 Å². The Morgan fingerprint density at radius 1 is 1.29 bits per heavy atom. The van der Waals surface area contributed by atoms with E-state index >= 15 is 0 Å². The number of ether oxygens (including phenoxy) is 2. The Balaban J connectivity index is 1.91. The van der Waals surface area contributed by atoms with Crippen molar-refractivity contribution in [2.24, 2.45) is 0 Å². The molecule has 1 aliphatic rings. The maximum atomic E-state index is 12.7. The molecule has 6 nitrogen and oxygen atoms in total. The van der Waals surface area contributed by atoms with Gasteiger partial charge >= 0.3 is 0 Å². The molecule has 3 rings (SSSR count). The van der Waals surface area contributed by atoms with Crippen molar-refractivity contribution in [1.82, 2.24) is 10.2 Å². The van der Waals surface area contributed by atoms with E-state index in [1.807, 2.05) is 18.2 Å². The third-order valence-electron chi connectivity index (χ3n) is 4.39. The summed E-state index contributed by atoms with van der Waals surface area (Å²) in [6.45, 7) is 4.08. The van der Waals surface area contributed by atoms with Crippen molar-refractivity contribution in [3.8, 4) is 11.5 Å². The number of carbonyl (C=O) groups excluding carboxylic acids is 2. The Kier molecular flexibility index (Phi) is 7.69. The second-order valence-electron chi connectivity index (χ2n) is 6.44. The number of hydrogen-bond donors (Lipinski definition) is 1. The van der Waals surface area contributed by atoms with Crippen LogP contribution in [0.15, 0.2) is 54.6 Å². The number of methoxy groups -OCH3 is 1. The summed E-state index contributed by atoms with van der Waals surface area (Å²) in [5.74, 6) is -0.0306. The molecule has 0 atom stereocenters. The summed E-state index contributed by atoms with van der Waals surface area (Å²) >= 11 is 13.4. The van der Waals surface area contributed by atoms with Gasteiger partial charge in [0.25, 0.3) is 11.8 Å². The van der Waals surface area contributed by atoms with Gasteiger partial charge in [0.2, 0.25) is 0 Å². The van der Waals surface area contributed by atoms with E-state index in [4.69, 9.17) is 33.3 Å². The Hall–Kier alpha value is -2.43. The van der Waals surface area contributed by atoms with Crippen molar-refractivity contribution < 1.29 is 19.1 Å². The number of nitrogens with one attached hydrogen (secondary N) is 1. The van der Waals surface area contributed by atoms with Gasteiger partial charge in [-0.1, -0.05) is 35.9 Å². The zero-order valence-corrected chi connectivity index (χ0v) is 20.2. The van der Waals surface area contributed by atoms with Gasteiger partial charge in [0.1, 0.15) is 12.2 Å². The standard InChI is InChI=1S/C22H18ClIN2O4S/c1-3-8-26-21(28)15(20(27)25-22(26)31)9-13-10-17(24)19(18(11-13)29-2)30-12-14-6-4-5-7-16(14)23/h3-7,9-11H,1,8,12H2,2H3,(H,25,27,31)/b15-9+. The fourth-order valence-corrected chi connectivity index (χ4v) is 4.11. The first-order valence-corrected chi connectivity index (χ1v) is 11.0. The molecule has 0 saturated carbocycles. The number of benzene rings is 2. The maximum absolute atomic E-state index is 12.7. The number of halogens is 2. The second-order valence-corrected chi connectivity index (χ2v) is 8.39. The van der Waals surface area contributed by atoms with E-state index < -0.39 is 11.8 Å². The van der Waals surface area contributed by atoms with E-state index in [0.717, 1.165) is 9.13 Å². The molecular weight excluding hydrogens is 551 g/mol. The van der Waals surface area contributed by atoms with Crippen LogP contribution in [0, 0.1) is 3.57 Å². The highest BCUT2D eigenvalue weighted by Gasteiger charge is 2.32. The van der Waals surface area contributed by atoms with E-state index in [1.54, 1.807) is 18.2 Å². The molecule has 0 aromatic heterocycles. The Labute approximate surface area is 204 Å². The minimum Gasteiger partial charge on any atom is -0.493 e. The molecule has 0 aliphatic carbocycles. The lowest BCUT2D eigenvalue weighted by Gasteiger charge is -2.27. The summed E-state index contributed by atoms with van der Waals surface area (Å²) < 4.78 is 12.2. The molecule has 1 N–H and O–H groups in total. The summed E-state index contributed by atoms with van der Waals surface area (Å²) in [4.78, 5) is 26.4. The number of thiocarbonyl (C=S) groups is 1. The Bertz CT molecular complexity index is 1100. The number of nitrogens with zero attached hydrogens (tertiary/aromatic N) is 1. The van der Waals surface area contributed by atoms with Crippen LogP contribution < -0.4 is 14.8 Å². The topological polar surface area (TPSA) is 67.9 Å². The first kappa shape index (κ1) is 23.2. The summed E-state index contributed by atoms with van der Waals surface area (Å²) in [6, 6.07) is 10.9. The molecule has 2 aromatic rings. The predicted octanol–water partition coefficient (Wildman–Crippen LogP) is 4.34. The van der Waals surface area contributed by atoms with E-state index in [2.05, 4.69) is 34.5 Å². The molecule has 160 valence electrons. The smallest absolute Gasteiger partial charge is 0.265 e. The fraction of sp³-hybridized carbons (Fsp3) is 0.136. The van der Waals surface area contributed by atoms with E-state index in [1.165, 1.54) is 24.2 Å². The third kappa shape index (κ3) is 5.25. The molecule has 0 radical (unpaired) electrons. The molecule has 1 fully saturated rings. The fourth-order valence-electron chi connectivity index (χ4n) is 2.88. The second kappa shape index (κ2) is 10.3. The van der Waals surface area contributed by atoms with Crippen molar-refractivity contribution in [3.63, 3.8) is 0 Å². The molecule has 0 unspecified atom stereocenters. The van der Waals surface area contributed by atoms with E-state index in [9.17, 15) is 9.59 Å². The van der Waals surface area contributed by atoms with Gasteiger partial charge < -0.3 is 9.47 Å². The zero-order chi connectivity index (χ0) is 22.5. The normalized spacial score (nSPS) is 15.1. The number of hydrogen-bond acceptors (Lipinski definition) is 5. The highest BCUT2D eigenvalue weighted by molar-refractivity contribution is 14.1. The van der Waals surface area contributed by atoms with Gasteiger partial charge in [0.15, 0.2) is 16.6 Å². The summed E-state index contributed by atoms with van der Waals surface area (Å²) in [6.07, 6.45) is 3.04. The zero-order valence-electron chi connectivity index (χ0n) is 16.5. The molecular formula is C22H18ClIN2O4S. The Morgan fingerprint density at radius 2 is 2.03 bits per heavy atom. The minimum atomic E-state index is -0.552. The lowest BCUT2D eigenvalue weighted by molar-refractivity contribution is -0.128. The molecule has 1 aliphatic heterocycles. The van der Waals surface area contributed by atoms with Crippen molar-refractivity contribution in [1.29, 1.82) is 0 Å². The van der Waals surface area contributed by atoms with Crippen LogP contribution in [0.5, 0.6) is 11.5 Å². The molecule has 2 aromatic carbocycles. The summed E-state index contributed by atoms with van der Waals surface area (Å²) in [5, 5.41) is 3.20. The van der Waals surface area contributed by atoms with Crippen LogP contribution in [0.2, 0.25) is 5.02 Å². The van der Waals surface area contributed by atoms with Crippen LogP contribution in [0.4, 0.5) is 0 Å². The van der Waals surface area contributed by atoms with Gasteiger partial charge in [0, 0.05) is 17.1 Å². The molecule has 0 spiro atoms. The van der Waals surface area contributed by atoms with Crippen LogP contribution in [0.1, 0.15) is 11.1 Å². The molecule has 1 heterocycles. The largest absolute Gasteiger partial charge is 0.493 e. The molecule has 2 amide bonds. The van der Waals surface area contributed by atoms with E-state index in [0.29, 0.717) is 22.1 Å². The van der Waals surface area contributed by atoms with Crippen molar-refractivity contribution in [2.45, 2.75) is 6.61 Å². The first-order valence-electron chi connectivity index (χ1n) is 9.09. The summed E-state index contributed by atoms with van der Waals surface area (Å²) in [7, 11) is 1.52. The Morgan fingerprint density at radius 3 is 2.71 bits per heavy atom. The van der Waals surface area contributed by atoms with Crippen LogP contribution >= 0.6 is 46.4 Å². The quantitative estimate of drug-likeness (QED) is 0.177. The van der Waals surface area contributed by atoms with Gasteiger partial charge in [-0.15, -0.1) is 6.58 Å².